The molecule has 2 heterocycles. The molecule has 0 atom stereocenters. The molecule has 1 aromatic heterocycles. The van der Waals surface area contributed by atoms with Gasteiger partial charge in [-0.25, -0.2) is 0 Å². The van der Waals surface area contributed by atoms with Crippen molar-refractivity contribution >= 4 is 0 Å². The fourth-order valence-corrected chi connectivity index (χ4v) is 2.34. The van der Waals surface area contributed by atoms with Crippen LogP contribution in [0.1, 0.15) is 17.0 Å². The molecule has 0 aliphatic carbocycles. The Balaban J connectivity index is 1.64. The average Bonchev–Trinajstić information content (AvgIpc) is 2.94. The van der Waals surface area contributed by atoms with Gasteiger partial charge in [0, 0.05) is 25.2 Å². The molecule has 0 amide bonds. The van der Waals surface area contributed by atoms with E-state index in [1.54, 1.807) is 6.33 Å². The van der Waals surface area contributed by atoms with Gasteiger partial charge in [0.15, 0.2) is 0 Å². The quantitative estimate of drug-likeness (QED) is 0.812. The summed E-state index contributed by atoms with van der Waals surface area (Å²) in [5.74, 6) is 6.58. The molecule has 0 radical (unpaired) electrons. The number of nitrogens with zero attached hydrogens (tertiary/aromatic N) is 4. The van der Waals surface area contributed by atoms with E-state index in [1.807, 2.05) is 12.1 Å². The van der Waals surface area contributed by atoms with Crippen molar-refractivity contribution in [1.29, 1.82) is 0 Å². The number of hydrogen-bond acceptors (Lipinski definition) is 4. The molecule has 0 saturated carbocycles. The first kappa shape index (κ1) is 12.9. The van der Waals surface area contributed by atoms with Crippen LogP contribution in [0.2, 0.25) is 0 Å². The second kappa shape index (κ2) is 5.87. The number of aromatic nitrogens is 3. The van der Waals surface area contributed by atoms with Crippen molar-refractivity contribution in [3.05, 3.63) is 47.5 Å². The highest BCUT2D eigenvalue weighted by atomic mass is 16.2. The van der Waals surface area contributed by atoms with Gasteiger partial charge < -0.3 is 9.67 Å². The normalized spacial score (nSPS) is 14.4. The summed E-state index contributed by atoms with van der Waals surface area (Å²) >= 11 is 0. The summed E-state index contributed by atoms with van der Waals surface area (Å²) in [7, 11) is 0. The van der Waals surface area contributed by atoms with Crippen LogP contribution in [0.15, 0.2) is 30.6 Å². The lowest BCUT2D eigenvalue weighted by Gasteiger charge is -2.26. The predicted molar refractivity (Wildman–Crippen MR) is 74.5 cm³/mol. The summed E-state index contributed by atoms with van der Waals surface area (Å²) in [5.41, 5.74) is 2.19. The molecule has 0 unspecified atom stereocenters. The minimum absolute atomic E-state index is 0.101. The lowest BCUT2D eigenvalue weighted by atomic mass is 10.1. The van der Waals surface area contributed by atoms with E-state index in [0.717, 1.165) is 37.6 Å². The molecular formula is C15H16N4O. The molecule has 1 N–H and O–H groups in total. The minimum Gasteiger partial charge on any atom is -0.384 e. The van der Waals surface area contributed by atoms with Crippen LogP contribution in [0.4, 0.5) is 0 Å². The molecule has 1 aliphatic heterocycles. The third-order valence-corrected chi connectivity index (χ3v) is 3.39. The van der Waals surface area contributed by atoms with Gasteiger partial charge in [0.25, 0.3) is 0 Å². The lowest BCUT2D eigenvalue weighted by molar-refractivity contribution is 0.209. The Kier molecular flexibility index (Phi) is 3.77. The van der Waals surface area contributed by atoms with Gasteiger partial charge in [0.1, 0.15) is 18.8 Å². The van der Waals surface area contributed by atoms with Crippen molar-refractivity contribution in [1.82, 2.24) is 19.7 Å². The number of aliphatic hydroxyl groups excluding tert-OH is 1. The van der Waals surface area contributed by atoms with Crippen molar-refractivity contribution in [2.75, 3.05) is 13.2 Å². The average molecular weight is 268 g/mol. The zero-order chi connectivity index (χ0) is 13.8. The summed E-state index contributed by atoms with van der Waals surface area (Å²) in [5, 5.41) is 16.7. The van der Waals surface area contributed by atoms with E-state index >= 15 is 0 Å². The standard InChI is InChI=1S/C15H16N4O/c20-9-1-2-13-3-5-14(6-4-13)10-18-7-8-19-12-16-17-15(19)11-18/h3-6,12,20H,7-11H2. The summed E-state index contributed by atoms with van der Waals surface area (Å²) in [4.78, 5) is 2.36. The third-order valence-electron chi connectivity index (χ3n) is 3.39. The van der Waals surface area contributed by atoms with Crippen molar-refractivity contribution in [3.63, 3.8) is 0 Å². The van der Waals surface area contributed by atoms with Gasteiger partial charge in [-0.1, -0.05) is 24.0 Å². The smallest absolute Gasteiger partial charge is 0.147 e. The summed E-state index contributed by atoms with van der Waals surface area (Å²) in [6.07, 6.45) is 1.79. The second-order valence-corrected chi connectivity index (χ2v) is 4.81. The Morgan fingerprint density at radius 3 is 2.85 bits per heavy atom. The Hall–Kier alpha value is -2.16. The number of rotatable bonds is 2. The minimum atomic E-state index is -0.101. The molecule has 0 bridgehead atoms. The van der Waals surface area contributed by atoms with Crippen LogP contribution in [0, 0.1) is 11.8 Å². The van der Waals surface area contributed by atoms with Gasteiger partial charge in [-0.15, -0.1) is 10.2 Å². The maximum Gasteiger partial charge on any atom is 0.147 e. The van der Waals surface area contributed by atoms with Crippen LogP contribution < -0.4 is 0 Å². The number of fused-ring (bicyclic) bond motifs is 1. The maximum atomic E-state index is 8.67. The first-order valence-corrected chi connectivity index (χ1v) is 6.63. The maximum absolute atomic E-state index is 8.67. The van der Waals surface area contributed by atoms with Crippen LogP contribution in [-0.4, -0.2) is 37.9 Å². The highest BCUT2D eigenvalue weighted by molar-refractivity contribution is 5.36. The molecule has 102 valence electrons. The van der Waals surface area contributed by atoms with Crippen molar-refractivity contribution in [2.45, 2.75) is 19.6 Å². The molecule has 1 aromatic carbocycles. The molecule has 0 spiro atoms. The van der Waals surface area contributed by atoms with Crippen molar-refractivity contribution in [3.8, 4) is 11.8 Å². The zero-order valence-corrected chi connectivity index (χ0v) is 11.2. The molecule has 2 aromatic rings. The van der Waals surface area contributed by atoms with Gasteiger partial charge in [-0.2, -0.15) is 0 Å². The monoisotopic (exact) mass is 268 g/mol. The predicted octanol–water partition coefficient (Wildman–Crippen LogP) is 0.638. The van der Waals surface area contributed by atoms with Crippen molar-refractivity contribution < 1.29 is 5.11 Å². The Morgan fingerprint density at radius 1 is 1.20 bits per heavy atom. The van der Waals surface area contributed by atoms with Gasteiger partial charge >= 0.3 is 0 Å². The van der Waals surface area contributed by atoms with E-state index in [0.29, 0.717) is 0 Å². The van der Waals surface area contributed by atoms with E-state index in [1.165, 1.54) is 5.56 Å². The fourth-order valence-electron chi connectivity index (χ4n) is 2.34. The Morgan fingerprint density at radius 2 is 2.05 bits per heavy atom. The zero-order valence-electron chi connectivity index (χ0n) is 11.2. The number of aliphatic hydroxyl groups is 1. The Bertz CT molecular complexity index is 636. The molecule has 1 aliphatic rings. The highest BCUT2D eigenvalue weighted by Crippen LogP contribution is 2.13. The molecule has 5 nitrogen and oxygen atoms in total. The van der Waals surface area contributed by atoms with Crippen LogP contribution in [0.5, 0.6) is 0 Å². The molecule has 3 rings (SSSR count). The van der Waals surface area contributed by atoms with E-state index in [4.69, 9.17) is 5.11 Å². The van der Waals surface area contributed by atoms with E-state index in [2.05, 4.69) is 43.6 Å². The van der Waals surface area contributed by atoms with E-state index in [9.17, 15) is 0 Å². The third kappa shape index (κ3) is 2.87. The summed E-state index contributed by atoms with van der Waals surface area (Å²) in [6.45, 7) is 3.60. The molecule has 0 fully saturated rings. The first-order chi connectivity index (χ1) is 9.85. The molecule has 5 heteroatoms. The lowest BCUT2D eigenvalue weighted by Crippen LogP contribution is -2.33. The van der Waals surface area contributed by atoms with E-state index in [-0.39, 0.29) is 6.61 Å². The molecular weight excluding hydrogens is 252 g/mol. The Labute approximate surface area is 117 Å². The SMILES string of the molecule is OCC#Cc1ccc(CN2CCn3cnnc3C2)cc1. The van der Waals surface area contributed by atoms with Gasteiger partial charge in [-0.3, -0.25) is 4.90 Å². The fraction of sp³-hybridized carbons (Fsp3) is 0.333. The van der Waals surface area contributed by atoms with Crippen LogP contribution in [0.25, 0.3) is 0 Å². The number of benzene rings is 1. The molecule has 20 heavy (non-hydrogen) atoms. The highest BCUT2D eigenvalue weighted by Gasteiger charge is 2.17. The van der Waals surface area contributed by atoms with Gasteiger partial charge in [0.2, 0.25) is 0 Å². The number of hydrogen-bond donors (Lipinski definition) is 1. The largest absolute Gasteiger partial charge is 0.384 e. The summed E-state index contributed by atoms with van der Waals surface area (Å²) < 4.78 is 2.10. The van der Waals surface area contributed by atoms with Crippen LogP contribution in [-0.2, 0) is 19.6 Å². The van der Waals surface area contributed by atoms with Crippen LogP contribution >= 0.6 is 0 Å². The first-order valence-electron chi connectivity index (χ1n) is 6.63. The van der Waals surface area contributed by atoms with Gasteiger partial charge in [-0.05, 0) is 17.7 Å². The topological polar surface area (TPSA) is 54.2 Å². The van der Waals surface area contributed by atoms with Crippen LogP contribution in [0.3, 0.4) is 0 Å². The van der Waals surface area contributed by atoms with Gasteiger partial charge in [0.05, 0.1) is 6.54 Å². The molecule has 0 saturated heterocycles. The summed E-state index contributed by atoms with van der Waals surface area (Å²) in [6, 6.07) is 8.15. The van der Waals surface area contributed by atoms with Crippen molar-refractivity contribution in [2.24, 2.45) is 0 Å². The second-order valence-electron chi connectivity index (χ2n) is 4.81. The van der Waals surface area contributed by atoms with E-state index < -0.39 is 0 Å².